The Kier molecular flexibility index (Phi) is 7.11. The number of halogens is 3. The van der Waals surface area contributed by atoms with Crippen LogP contribution in [-0.2, 0) is 21.0 Å². The average Bonchev–Trinajstić information content (AvgIpc) is 2.78. The lowest BCUT2D eigenvalue weighted by Crippen LogP contribution is -2.55. The van der Waals surface area contributed by atoms with Gasteiger partial charge in [-0.3, -0.25) is 9.10 Å². The molecule has 180 valence electrons. The van der Waals surface area contributed by atoms with E-state index in [0.29, 0.717) is 30.2 Å². The van der Waals surface area contributed by atoms with Gasteiger partial charge in [0.1, 0.15) is 11.8 Å². The van der Waals surface area contributed by atoms with Crippen molar-refractivity contribution in [3.63, 3.8) is 0 Å². The van der Waals surface area contributed by atoms with Crippen molar-refractivity contribution in [1.82, 2.24) is 4.90 Å². The van der Waals surface area contributed by atoms with Crippen LogP contribution >= 0.6 is 0 Å². The molecule has 1 saturated heterocycles. The van der Waals surface area contributed by atoms with Crippen molar-refractivity contribution < 1.29 is 31.1 Å². The van der Waals surface area contributed by atoms with Gasteiger partial charge in [-0.05, 0) is 49.4 Å². The summed E-state index contributed by atoms with van der Waals surface area (Å²) in [5.41, 5.74) is 0.0399. The molecule has 11 heteroatoms. The second kappa shape index (κ2) is 9.50. The second-order valence-electron chi connectivity index (χ2n) is 7.79. The molecule has 33 heavy (non-hydrogen) atoms. The molecule has 2 aromatic carbocycles. The zero-order chi connectivity index (χ0) is 24.4. The predicted octanol–water partition coefficient (Wildman–Crippen LogP) is 3.22. The van der Waals surface area contributed by atoms with Gasteiger partial charge < -0.3 is 14.5 Å². The summed E-state index contributed by atoms with van der Waals surface area (Å²) in [5, 5.41) is 0. The fourth-order valence-electron chi connectivity index (χ4n) is 3.86. The number of rotatable bonds is 6. The smallest absolute Gasteiger partial charge is 0.416 e. The summed E-state index contributed by atoms with van der Waals surface area (Å²) < 4.78 is 70.2. The first-order chi connectivity index (χ1) is 15.4. The van der Waals surface area contributed by atoms with Crippen molar-refractivity contribution in [3.05, 3.63) is 54.1 Å². The van der Waals surface area contributed by atoms with Crippen LogP contribution < -0.4 is 13.9 Å². The third-order valence-electron chi connectivity index (χ3n) is 5.52. The van der Waals surface area contributed by atoms with E-state index < -0.39 is 27.8 Å². The van der Waals surface area contributed by atoms with Gasteiger partial charge in [0, 0.05) is 31.9 Å². The number of amides is 1. The third kappa shape index (κ3) is 5.70. The van der Waals surface area contributed by atoms with Gasteiger partial charge in [0.05, 0.1) is 24.6 Å². The molecule has 0 aliphatic carbocycles. The molecule has 3 rings (SSSR count). The highest BCUT2D eigenvalue weighted by atomic mass is 32.2. The molecule has 0 bridgehead atoms. The summed E-state index contributed by atoms with van der Waals surface area (Å²) in [6.45, 7) is 2.72. The van der Waals surface area contributed by atoms with E-state index in [0.717, 1.165) is 22.7 Å². The van der Waals surface area contributed by atoms with Crippen LogP contribution in [0.3, 0.4) is 0 Å². The molecule has 0 N–H and O–H groups in total. The highest BCUT2D eigenvalue weighted by molar-refractivity contribution is 7.92. The molecule has 1 atom stereocenters. The van der Waals surface area contributed by atoms with Crippen molar-refractivity contribution in [2.45, 2.75) is 19.1 Å². The maximum absolute atomic E-state index is 13.1. The Morgan fingerprint density at radius 3 is 2.18 bits per heavy atom. The maximum Gasteiger partial charge on any atom is 0.416 e. The van der Waals surface area contributed by atoms with Gasteiger partial charge in [-0.15, -0.1) is 0 Å². The van der Waals surface area contributed by atoms with Crippen molar-refractivity contribution in [3.8, 4) is 5.75 Å². The molecule has 1 amide bonds. The van der Waals surface area contributed by atoms with E-state index in [1.54, 1.807) is 35.2 Å². The monoisotopic (exact) mass is 485 g/mol. The number of carbonyl (C=O) groups excluding carboxylic acids is 1. The van der Waals surface area contributed by atoms with Crippen molar-refractivity contribution >= 4 is 27.3 Å². The molecule has 1 aliphatic rings. The summed E-state index contributed by atoms with van der Waals surface area (Å²) in [6.07, 6.45) is -3.40. The Bertz CT molecular complexity index is 1080. The first-order valence-corrected chi connectivity index (χ1v) is 12.1. The molecule has 0 radical (unpaired) electrons. The number of methoxy groups -OCH3 is 1. The Hall–Kier alpha value is -2.95. The number of hydrogen-bond donors (Lipinski definition) is 0. The van der Waals surface area contributed by atoms with Gasteiger partial charge in [-0.1, -0.05) is 6.07 Å². The van der Waals surface area contributed by atoms with Crippen LogP contribution in [0.15, 0.2) is 48.5 Å². The molecule has 0 unspecified atom stereocenters. The lowest BCUT2D eigenvalue weighted by atomic mass is 10.1. The molecule has 0 aromatic heterocycles. The summed E-state index contributed by atoms with van der Waals surface area (Å²) >= 11 is 0. The van der Waals surface area contributed by atoms with E-state index in [-0.39, 0.29) is 19.0 Å². The number of hydrogen-bond acceptors (Lipinski definition) is 5. The average molecular weight is 486 g/mol. The van der Waals surface area contributed by atoms with E-state index in [4.69, 9.17) is 4.74 Å². The minimum Gasteiger partial charge on any atom is -0.497 e. The SMILES string of the molecule is COc1ccc(N([C@@H](C)C(=O)N2CCN(c3cccc(C(F)(F)F)c3)CC2)S(C)(=O)=O)cc1. The van der Waals surface area contributed by atoms with Gasteiger partial charge in [-0.2, -0.15) is 13.2 Å². The van der Waals surface area contributed by atoms with Gasteiger partial charge in [0.2, 0.25) is 15.9 Å². The summed E-state index contributed by atoms with van der Waals surface area (Å²) in [7, 11) is -2.27. The van der Waals surface area contributed by atoms with Gasteiger partial charge in [-0.25, -0.2) is 8.42 Å². The molecule has 1 heterocycles. The topological polar surface area (TPSA) is 70.2 Å². The lowest BCUT2D eigenvalue weighted by Gasteiger charge is -2.39. The van der Waals surface area contributed by atoms with E-state index in [1.165, 1.54) is 25.0 Å². The van der Waals surface area contributed by atoms with Crippen LogP contribution in [-0.4, -0.2) is 64.8 Å². The Balaban J connectivity index is 1.72. The van der Waals surface area contributed by atoms with Crippen LogP contribution in [0, 0.1) is 0 Å². The molecular weight excluding hydrogens is 459 g/mol. The largest absolute Gasteiger partial charge is 0.497 e. The summed E-state index contributed by atoms with van der Waals surface area (Å²) in [5.74, 6) is 0.178. The molecule has 7 nitrogen and oxygen atoms in total. The zero-order valence-electron chi connectivity index (χ0n) is 18.5. The van der Waals surface area contributed by atoms with E-state index in [1.807, 2.05) is 0 Å². The molecular formula is C22H26F3N3O4S. The second-order valence-corrected chi connectivity index (χ2v) is 9.65. The molecule has 0 spiro atoms. The molecule has 0 saturated carbocycles. The minimum atomic E-state index is -4.43. The standard InChI is InChI=1S/C22H26F3N3O4S/c1-16(28(33(3,30)31)18-7-9-20(32-2)10-8-18)21(29)27-13-11-26(12-14-27)19-6-4-5-17(15-19)22(23,24)25/h4-10,15-16H,11-14H2,1-3H3/t16-/m0/s1. The van der Waals surface area contributed by atoms with Gasteiger partial charge >= 0.3 is 6.18 Å². The Labute approximate surface area is 191 Å². The van der Waals surface area contributed by atoms with Gasteiger partial charge in [0.25, 0.3) is 0 Å². The first-order valence-electron chi connectivity index (χ1n) is 10.3. The van der Waals surface area contributed by atoms with Crippen molar-refractivity contribution in [2.75, 3.05) is 48.7 Å². The summed E-state index contributed by atoms with van der Waals surface area (Å²) in [4.78, 5) is 16.5. The minimum absolute atomic E-state index is 0.264. The number of ether oxygens (including phenoxy) is 1. The van der Waals surface area contributed by atoms with Crippen LogP contribution in [0.2, 0.25) is 0 Å². The number of sulfonamides is 1. The maximum atomic E-state index is 13.1. The number of nitrogens with zero attached hydrogens (tertiary/aromatic N) is 3. The fourth-order valence-corrected chi connectivity index (χ4v) is 5.03. The number of anilines is 2. The number of carbonyl (C=O) groups is 1. The van der Waals surface area contributed by atoms with E-state index in [9.17, 15) is 26.4 Å². The highest BCUT2D eigenvalue weighted by Gasteiger charge is 2.34. The normalized spacial score (nSPS) is 15.8. The van der Waals surface area contributed by atoms with Crippen LogP contribution in [0.25, 0.3) is 0 Å². The summed E-state index contributed by atoms with van der Waals surface area (Å²) in [6, 6.07) is 10.4. The van der Waals surface area contributed by atoms with E-state index >= 15 is 0 Å². The highest BCUT2D eigenvalue weighted by Crippen LogP contribution is 2.32. The van der Waals surface area contributed by atoms with Crippen molar-refractivity contribution in [1.29, 1.82) is 0 Å². The van der Waals surface area contributed by atoms with Crippen LogP contribution in [0.1, 0.15) is 12.5 Å². The van der Waals surface area contributed by atoms with Crippen LogP contribution in [0.5, 0.6) is 5.75 Å². The number of benzene rings is 2. The Morgan fingerprint density at radius 2 is 1.67 bits per heavy atom. The lowest BCUT2D eigenvalue weighted by molar-refractivity contribution is -0.137. The molecule has 1 fully saturated rings. The Morgan fingerprint density at radius 1 is 1.06 bits per heavy atom. The predicted molar refractivity (Wildman–Crippen MR) is 120 cm³/mol. The first kappa shape index (κ1) is 24.7. The third-order valence-corrected chi connectivity index (χ3v) is 6.76. The number of piperazine rings is 1. The zero-order valence-corrected chi connectivity index (χ0v) is 19.4. The number of alkyl halides is 3. The van der Waals surface area contributed by atoms with E-state index in [2.05, 4.69) is 0 Å². The molecule has 1 aliphatic heterocycles. The quantitative estimate of drug-likeness (QED) is 0.629. The fraction of sp³-hybridized carbons (Fsp3) is 0.409. The van der Waals surface area contributed by atoms with Crippen LogP contribution in [0.4, 0.5) is 24.5 Å². The van der Waals surface area contributed by atoms with Crippen molar-refractivity contribution in [2.24, 2.45) is 0 Å². The van der Waals surface area contributed by atoms with Gasteiger partial charge in [0.15, 0.2) is 0 Å². The molecule has 2 aromatic rings.